The molecule has 5 rings (SSSR count). The number of carbonyl (C=O) groups excluding carboxylic acids is 2. The van der Waals surface area contributed by atoms with Gasteiger partial charge in [0.15, 0.2) is 5.76 Å². The van der Waals surface area contributed by atoms with Crippen LogP contribution in [0.25, 0.3) is 17.0 Å². The maximum Gasteiger partial charge on any atom is 0.347 e. The molecular weight excluding hydrogens is 491 g/mol. The van der Waals surface area contributed by atoms with E-state index in [0.717, 1.165) is 0 Å². The van der Waals surface area contributed by atoms with E-state index in [2.05, 4.69) is 0 Å². The molecule has 0 radical (unpaired) electrons. The Labute approximate surface area is 210 Å². The van der Waals surface area contributed by atoms with Crippen molar-refractivity contribution in [2.24, 2.45) is 0 Å². The number of ether oxygens (including phenoxy) is 3. The monoisotopic (exact) mass is 508 g/mol. The van der Waals surface area contributed by atoms with Gasteiger partial charge in [-0.05, 0) is 68.0 Å². The molecule has 4 aromatic rings. The van der Waals surface area contributed by atoms with Crippen LogP contribution in [0, 0.1) is 6.92 Å². The van der Waals surface area contributed by atoms with Crippen molar-refractivity contribution in [3.8, 4) is 17.2 Å². The van der Waals surface area contributed by atoms with E-state index in [1.807, 2.05) is 6.92 Å². The SMILES string of the molecule is CCOc1ccc2oc(C)c(C(=O)Oc3ccc4c(c3)OC(=Cc3ccc(Cl)c(Cl)c3)C4=O)c2c1. The third kappa shape index (κ3) is 4.38. The van der Waals surface area contributed by atoms with E-state index in [0.29, 0.717) is 61.6 Å². The quantitative estimate of drug-likeness (QED) is 0.160. The van der Waals surface area contributed by atoms with E-state index < -0.39 is 5.97 Å². The summed E-state index contributed by atoms with van der Waals surface area (Å²) in [5.74, 6) is 0.821. The standard InChI is InChI=1S/C27H18Cl2O6/c1-3-32-16-6-9-22-19(12-16)25(14(2)33-22)27(31)34-17-5-7-18-23(13-17)35-24(26(18)30)11-15-4-8-20(28)21(29)10-15/h4-13H,3H2,1-2H3. The number of halogens is 2. The Morgan fingerprint density at radius 3 is 2.57 bits per heavy atom. The lowest BCUT2D eigenvalue weighted by molar-refractivity contribution is 0.0734. The molecule has 2 heterocycles. The summed E-state index contributed by atoms with van der Waals surface area (Å²) in [5, 5.41) is 1.38. The van der Waals surface area contributed by atoms with Crippen LogP contribution < -0.4 is 14.2 Å². The van der Waals surface area contributed by atoms with Gasteiger partial charge < -0.3 is 18.6 Å². The summed E-state index contributed by atoms with van der Waals surface area (Å²) in [6.45, 7) is 4.07. The fourth-order valence-electron chi connectivity index (χ4n) is 3.85. The molecule has 0 amide bonds. The second-order valence-electron chi connectivity index (χ2n) is 7.79. The summed E-state index contributed by atoms with van der Waals surface area (Å²) in [5.41, 5.74) is 1.88. The maximum atomic E-state index is 13.0. The smallest absolute Gasteiger partial charge is 0.347 e. The highest BCUT2D eigenvalue weighted by atomic mass is 35.5. The van der Waals surface area contributed by atoms with Crippen molar-refractivity contribution in [1.29, 1.82) is 0 Å². The zero-order chi connectivity index (χ0) is 24.7. The Bertz CT molecular complexity index is 1530. The number of aryl methyl sites for hydroxylation is 1. The fourth-order valence-corrected chi connectivity index (χ4v) is 4.16. The van der Waals surface area contributed by atoms with Gasteiger partial charge in [0.05, 0.1) is 22.2 Å². The van der Waals surface area contributed by atoms with Crippen LogP contribution in [-0.2, 0) is 0 Å². The van der Waals surface area contributed by atoms with E-state index in [-0.39, 0.29) is 17.3 Å². The molecule has 35 heavy (non-hydrogen) atoms. The lowest BCUT2D eigenvalue weighted by Gasteiger charge is -2.06. The average molecular weight is 509 g/mol. The number of carbonyl (C=O) groups is 2. The Morgan fingerprint density at radius 1 is 1.00 bits per heavy atom. The molecule has 0 saturated carbocycles. The Balaban J connectivity index is 1.40. The molecule has 0 unspecified atom stereocenters. The van der Waals surface area contributed by atoms with Crippen LogP contribution in [0.5, 0.6) is 17.2 Å². The number of ketones is 1. The van der Waals surface area contributed by atoms with Crippen molar-refractivity contribution in [1.82, 2.24) is 0 Å². The van der Waals surface area contributed by atoms with Gasteiger partial charge in [-0.3, -0.25) is 4.79 Å². The lowest BCUT2D eigenvalue weighted by Crippen LogP contribution is -2.09. The van der Waals surface area contributed by atoms with E-state index in [4.69, 9.17) is 41.8 Å². The molecule has 3 aromatic carbocycles. The first-order valence-electron chi connectivity index (χ1n) is 10.8. The number of allylic oxidation sites excluding steroid dienone is 1. The highest BCUT2D eigenvalue weighted by Gasteiger charge is 2.29. The summed E-state index contributed by atoms with van der Waals surface area (Å²) < 4.78 is 22.6. The molecule has 1 aliphatic heterocycles. The molecule has 176 valence electrons. The average Bonchev–Trinajstić information content (AvgIpc) is 3.31. The van der Waals surface area contributed by atoms with Crippen molar-refractivity contribution in [2.45, 2.75) is 13.8 Å². The third-order valence-electron chi connectivity index (χ3n) is 5.44. The number of hydrogen-bond acceptors (Lipinski definition) is 6. The summed E-state index contributed by atoms with van der Waals surface area (Å²) in [4.78, 5) is 25.8. The van der Waals surface area contributed by atoms with Crippen molar-refractivity contribution >= 4 is 52.0 Å². The first-order valence-corrected chi connectivity index (χ1v) is 11.5. The third-order valence-corrected chi connectivity index (χ3v) is 6.18. The zero-order valence-electron chi connectivity index (χ0n) is 18.7. The first-order chi connectivity index (χ1) is 16.8. The summed E-state index contributed by atoms with van der Waals surface area (Å²) in [6, 6.07) is 14.9. The van der Waals surface area contributed by atoms with E-state index in [1.165, 1.54) is 6.07 Å². The first kappa shape index (κ1) is 23.0. The van der Waals surface area contributed by atoms with Crippen molar-refractivity contribution < 1.29 is 28.2 Å². The van der Waals surface area contributed by atoms with Crippen LogP contribution >= 0.6 is 23.2 Å². The highest BCUT2D eigenvalue weighted by Crippen LogP contribution is 2.36. The number of benzene rings is 3. The molecule has 0 N–H and O–H groups in total. The maximum absolute atomic E-state index is 13.0. The minimum absolute atomic E-state index is 0.127. The van der Waals surface area contributed by atoms with E-state index in [9.17, 15) is 9.59 Å². The Kier molecular flexibility index (Phi) is 6.01. The van der Waals surface area contributed by atoms with Gasteiger partial charge in [0.1, 0.15) is 34.2 Å². The topological polar surface area (TPSA) is 75.0 Å². The number of hydrogen-bond donors (Lipinski definition) is 0. The molecule has 0 aliphatic carbocycles. The van der Waals surface area contributed by atoms with Gasteiger partial charge in [0, 0.05) is 11.5 Å². The number of esters is 1. The van der Waals surface area contributed by atoms with Gasteiger partial charge >= 0.3 is 5.97 Å². The molecule has 1 aliphatic rings. The lowest BCUT2D eigenvalue weighted by atomic mass is 10.1. The number of fused-ring (bicyclic) bond motifs is 2. The van der Waals surface area contributed by atoms with E-state index >= 15 is 0 Å². The molecular formula is C27H18Cl2O6. The molecule has 8 heteroatoms. The molecule has 0 atom stereocenters. The van der Waals surface area contributed by atoms with Gasteiger partial charge in [-0.15, -0.1) is 0 Å². The van der Waals surface area contributed by atoms with Crippen LogP contribution in [0.4, 0.5) is 0 Å². The van der Waals surface area contributed by atoms with Gasteiger partial charge in [0.2, 0.25) is 5.78 Å². The van der Waals surface area contributed by atoms with Crippen LogP contribution in [0.1, 0.15) is 39.0 Å². The minimum Gasteiger partial charge on any atom is -0.494 e. The number of Topliss-reactive ketones (excluding diaryl/α,β-unsaturated/α-hetero) is 1. The van der Waals surface area contributed by atoms with Gasteiger partial charge in [-0.1, -0.05) is 29.3 Å². The molecule has 6 nitrogen and oxygen atoms in total. The fraction of sp³-hybridized carbons (Fsp3) is 0.111. The predicted molar refractivity (Wildman–Crippen MR) is 133 cm³/mol. The largest absolute Gasteiger partial charge is 0.494 e. The van der Waals surface area contributed by atoms with Gasteiger partial charge in [-0.25, -0.2) is 4.79 Å². The van der Waals surface area contributed by atoms with E-state index in [1.54, 1.807) is 61.5 Å². The normalized spacial score (nSPS) is 13.7. The van der Waals surface area contributed by atoms with Crippen molar-refractivity contribution in [2.75, 3.05) is 6.61 Å². The van der Waals surface area contributed by atoms with Crippen LogP contribution in [-0.4, -0.2) is 18.4 Å². The molecule has 0 bridgehead atoms. The summed E-state index contributed by atoms with van der Waals surface area (Å²) in [7, 11) is 0. The van der Waals surface area contributed by atoms with Crippen molar-refractivity contribution in [3.63, 3.8) is 0 Å². The molecule has 0 saturated heterocycles. The van der Waals surface area contributed by atoms with Crippen LogP contribution in [0.15, 0.2) is 64.8 Å². The molecule has 0 fully saturated rings. The predicted octanol–water partition coefficient (Wildman–Crippen LogP) is 7.28. The van der Waals surface area contributed by atoms with Crippen LogP contribution in [0.3, 0.4) is 0 Å². The molecule has 0 spiro atoms. The Hall–Kier alpha value is -3.74. The zero-order valence-corrected chi connectivity index (χ0v) is 20.2. The molecule has 1 aromatic heterocycles. The number of furan rings is 1. The highest BCUT2D eigenvalue weighted by molar-refractivity contribution is 6.42. The van der Waals surface area contributed by atoms with Gasteiger partial charge in [0.25, 0.3) is 0 Å². The van der Waals surface area contributed by atoms with Crippen molar-refractivity contribution in [3.05, 3.63) is 92.9 Å². The summed E-state index contributed by atoms with van der Waals surface area (Å²) in [6.07, 6.45) is 1.58. The van der Waals surface area contributed by atoms with Gasteiger partial charge in [-0.2, -0.15) is 0 Å². The number of rotatable bonds is 5. The second-order valence-corrected chi connectivity index (χ2v) is 8.60. The Morgan fingerprint density at radius 2 is 1.80 bits per heavy atom. The second kappa shape index (κ2) is 9.13. The minimum atomic E-state index is -0.592. The van der Waals surface area contributed by atoms with Crippen LogP contribution in [0.2, 0.25) is 10.0 Å². The summed E-state index contributed by atoms with van der Waals surface area (Å²) >= 11 is 12.0.